The number of aromatic nitrogens is 1. The molecule has 0 aromatic carbocycles. The Labute approximate surface area is 102 Å². The molecule has 1 aromatic heterocycles. The fourth-order valence-electron chi connectivity index (χ4n) is 2.49. The highest BCUT2D eigenvalue weighted by molar-refractivity contribution is 5.96. The maximum absolute atomic E-state index is 12.1. The Balaban J connectivity index is 1.98. The number of β-amino-alcohol motifs (C(OH)–C–C–N with tert-alkyl or cyclic N) is 1. The standard InChI is InChI=1S/C13H20N2O2/c1-13(17)6-4-8-15(10-13)9-12(16)11-5-3-7-14(11)2/h3,5,7,17H,4,6,8-10H2,1-2H3. The number of carbonyl (C=O) groups is 1. The van der Waals surface area contributed by atoms with Crippen LogP contribution in [0.3, 0.4) is 0 Å². The van der Waals surface area contributed by atoms with Gasteiger partial charge in [0.05, 0.1) is 17.8 Å². The number of Topliss-reactive ketones (excluding diaryl/α,β-unsaturated/α-hetero) is 1. The van der Waals surface area contributed by atoms with Crippen molar-refractivity contribution in [3.8, 4) is 0 Å². The molecule has 0 spiro atoms. The predicted octanol–water partition coefficient (Wildman–Crippen LogP) is 1.05. The van der Waals surface area contributed by atoms with Gasteiger partial charge >= 0.3 is 0 Å². The predicted molar refractivity (Wildman–Crippen MR) is 66.0 cm³/mol. The number of aryl methyl sites for hydroxylation is 1. The van der Waals surface area contributed by atoms with Gasteiger partial charge in [-0.25, -0.2) is 0 Å². The van der Waals surface area contributed by atoms with Crippen molar-refractivity contribution in [2.75, 3.05) is 19.6 Å². The van der Waals surface area contributed by atoms with Crippen molar-refractivity contribution in [2.45, 2.75) is 25.4 Å². The van der Waals surface area contributed by atoms with E-state index < -0.39 is 5.60 Å². The van der Waals surface area contributed by atoms with E-state index in [2.05, 4.69) is 0 Å². The molecule has 17 heavy (non-hydrogen) atoms. The Morgan fingerprint density at radius 1 is 1.59 bits per heavy atom. The summed E-state index contributed by atoms with van der Waals surface area (Å²) in [6.07, 6.45) is 3.65. The second-order valence-electron chi connectivity index (χ2n) is 5.24. The van der Waals surface area contributed by atoms with E-state index in [-0.39, 0.29) is 5.78 Å². The molecule has 0 amide bonds. The van der Waals surface area contributed by atoms with Gasteiger partial charge in [-0.15, -0.1) is 0 Å². The summed E-state index contributed by atoms with van der Waals surface area (Å²) in [6, 6.07) is 3.71. The average molecular weight is 236 g/mol. The molecular formula is C13H20N2O2. The van der Waals surface area contributed by atoms with Crippen LogP contribution in [0.1, 0.15) is 30.3 Å². The van der Waals surface area contributed by atoms with Crippen LogP contribution in [0.2, 0.25) is 0 Å². The molecule has 1 unspecified atom stereocenters. The first kappa shape index (κ1) is 12.3. The molecule has 1 atom stereocenters. The van der Waals surface area contributed by atoms with Gasteiger partial charge in [-0.05, 0) is 38.4 Å². The van der Waals surface area contributed by atoms with Gasteiger partial charge in [0.2, 0.25) is 0 Å². The number of hydrogen-bond donors (Lipinski definition) is 1. The van der Waals surface area contributed by atoms with Gasteiger partial charge < -0.3 is 9.67 Å². The van der Waals surface area contributed by atoms with Gasteiger partial charge in [-0.3, -0.25) is 9.69 Å². The van der Waals surface area contributed by atoms with Crippen LogP contribution in [-0.2, 0) is 7.05 Å². The Bertz CT molecular complexity index is 409. The number of likely N-dealkylation sites (tertiary alicyclic amines) is 1. The summed E-state index contributed by atoms with van der Waals surface area (Å²) in [5.41, 5.74) is 0.0856. The lowest BCUT2D eigenvalue weighted by molar-refractivity contribution is -0.0133. The zero-order valence-electron chi connectivity index (χ0n) is 10.5. The topological polar surface area (TPSA) is 45.5 Å². The maximum atomic E-state index is 12.1. The summed E-state index contributed by atoms with van der Waals surface area (Å²) in [5, 5.41) is 9.98. The number of rotatable bonds is 3. The van der Waals surface area contributed by atoms with E-state index >= 15 is 0 Å². The molecule has 94 valence electrons. The zero-order chi connectivity index (χ0) is 12.5. The highest BCUT2D eigenvalue weighted by atomic mass is 16.3. The van der Waals surface area contributed by atoms with Crippen molar-refractivity contribution in [3.05, 3.63) is 24.0 Å². The third-order valence-electron chi connectivity index (χ3n) is 3.35. The Hall–Kier alpha value is -1.13. The molecule has 0 radical (unpaired) electrons. The molecule has 1 fully saturated rings. The van der Waals surface area contributed by atoms with Gasteiger partial charge in [-0.2, -0.15) is 0 Å². The van der Waals surface area contributed by atoms with Gasteiger partial charge in [-0.1, -0.05) is 0 Å². The number of ketones is 1. The summed E-state index contributed by atoms with van der Waals surface area (Å²) >= 11 is 0. The van der Waals surface area contributed by atoms with Gasteiger partial charge in [0, 0.05) is 19.8 Å². The minimum absolute atomic E-state index is 0.121. The summed E-state index contributed by atoms with van der Waals surface area (Å²) in [4.78, 5) is 14.1. The van der Waals surface area contributed by atoms with E-state index in [0.29, 0.717) is 13.1 Å². The van der Waals surface area contributed by atoms with Crippen molar-refractivity contribution in [1.82, 2.24) is 9.47 Å². The number of piperidine rings is 1. The van der Waals surface area contributed by atoms with Crippen LogP contribution in [0.5, 0.6) is 0 Å². The smallest absolute Gasteiger partial charge is 0.193 e. The van der Waals surface area contributed by atoms with Crippen molar-refractivity contribution in [3.63, 3.8) is 0 Å². The molecule has 0 saturated carbocycles. The first-order valence-corrected chi connectivity index (χ1v) is 6.07. The highest BCUT2D eigenvalue weighted by Crippen LogP contribution is 2.20. The molecular weight excluding hydrogens is 216 g/mol. The summed E-state index contributed by atoms with van der Waals surface area (Å²) < 4.78 is 1.84. The van der Waals surface area contributed by atoms with Crippen LogP contribution in [0, 0.1) is 0 Å². The normalized spacial score (nSPS) is 26.1. The number of hydrogen-bond acceptors (Lipinski definition) is 3. The quantitative estimate of drug-likeness (QED) is 0.798. The molecule has 2 rings (SSSR count). The van der Waals surface area contributed by atoms with E-state index in [0.717, 1.165) is 25.1 Å². The summed E-state index contributed by atoms with van der Waals surface area (Å²) in [6.45, 7) is 3.72. The number of nitrogens with zero attached hydrogens (tertiary/aromatic N) is 2. The van der Waals surface area contributed by atoms with Gasteiger partial charge in [0.25, 0.3) is 0 Å². The molecule has 1 aliphatic rings. The lowest BCUT2D eigenvalue weighted by Crippen LogP contribution is -2.47. The Morgan fingerprint density at radius 2 is 2.35 bits per heavy atom. The molecule has 4 nitrogen and oxygen atoms in total. The fraction of sp³-hybridized carbons (Fsp3) is 0.615. The van der Waals surface area contributed by atoms with Crippen LogP contribution in [-0.4, -0.2) is 45.6 Å². The molecule has 0 aliphatic carbocycles. The Kier molecular flexibility index (Phi) is 3.35. The van der Waals surface area contributed by atoms with Crippen LogP contribution < -0.4 is 0 Å². The van der Waals surface area contributed by atoms with E-state index in [4.69, 9.17) is 0 Å². The second kappa shape index (κ2) is 4.63. The van der Waals surface area contributed by atoms with E-state index in [1.165, 1.54) is 0 Å². The number of carbonyl (C=O) groups excluding carboxylic acids is 1. The lowest BCUT2D eigenvalue weighted by atomic mass is 9.95. The first-order valence-electron chi connectivity index (χ1n) is 6.07. The highest BCUT2D eigenvalue weighted by Gasteiger charge is 2.29. The molecule has 2 heterocycles. The van der Waals surface area contributed by atoms with Crippen LogP contribution >= 0.6 is 0 Å². The monoisotopic (exact) mass is 236 g/mol. The van der Waals surface area contributed by atoms with Crippen molar-refractivity contribution in [2.24, 2.45) is 7.05 Å². The molecule has 4 heteroatoms. The van der Waals surface area contributed by atoms with Crippen LogP contribution in [0.25, 0.3) is 0 Å². The Morgan fingerprint density at radius 3 is 2.94 bits per heavy atom. The lowest BCUT2D eigenvalue weighted by Gasteiger charge is -2.36. The SMILES string of the molecule is Cn1cccc1C(=O)CN1CCCC(C)(O)C1. The second-order valence-corrected chi connectivity index (χ2v) is 5.24. The fourth-order valence-corrected chi connectivity index (χ4v) is 2.49. The number of aliphatic hydroxyl groups is 1. The van der Waals surface area contributed by atoms with E-state index in [1.807, 2.05) is 41.8 Å². The van der Waals surface area contributed by atoms with Crippen LogP contribution in [0.4, 0.5) is 0 Å². The van der Waals surface area contributed by atoms with Crippen molar-refractivity contribution >= 4 is 5.78 Å². The van der Waals surface area contributed by atoms with E-state index in [1.54, 1.807) is 0 Å². The molecule has 1 saturated heterocycles. The maximum Gasteiger partial charge on any atom is 0.193 e. The molecule has 1 N–H and O–H groups in total. The minimum Gasteiger partial charge on any atom is -0.389 e. The third-order valence-corrected chi connectivity index (χ3v) is 3.35. The summed E-state index contributed by atoms with van der Waals surface area (Å²) in [5.74, 6) is 0.121. The average Bonchev–Trinajstić information content (AvgIpc) is 2.62. The summed E-state index contributed by atoms with van der Waals surface area (Å²) in [7, 11) is 1.87. The van der Waals surface area contributed by atoms with Gasteiger partial charge in [0.1, 0.15) is 0 Å². The van der Waals surface area contributed by atoms with Crippen LogP contribution in [0.15, 0.2) is 18.3 Å². The zero-order valence-corrected chi connectivity index (χ0v) is 10.5. The third kappa shape index (κ3) is 2.96. The largest absolute Gasteiger partial charge is 0.389 e. The molecule has 0 bridgehead atoms. The van der Waals surface area contributed by atoms with Gasteiger partial charge in [0.15, 0.2) is 5.78 Å². The minimum atomic E-state index is -0.646. The van der Waals surface area contributed by atoms with Crippen molar-refractivity contribution < 1.29 is 9.90 Å². The van der Waals surface area contributed by atoms with E-state index in [9.17, 15) is 9.90 Å². The molecule has 1 aliphatic heterocycles. The first-order chi connectivity index (χ1) is 7.98. The molecule has 1 aromatic rings. The van der Waals surface area contributed by atoms with Crippen molar-refractivity contribution in [1.29, 1.82) is 0 Å².